The van der Waals surface area contributed by atoms with E-state index in [0.29, 0.717) is 0 Å². The van der Waals surface area contributed by atoms with E-state index in [4.69, 9.17) is 15.4 Å². The lowest BCUT2D eigenvalue weighted by Gasteiger charge is -2.07. The van der Waals surface area contributed by atoms with Crippen molar-refractivity contribution in [3.8, 4) is 0 Å². The van der Waals surface area contributed by atoms with Crippen molar-refractivity contribution in [1.29, 1.82) is 0 Å². The molecule has 0 aliphatic rings. The van der Waals surface area contributed by atoms with Crippen LogP contribution in [0, 0.1) is 0 Å². The van der Waals surface area contributed by atoms with Crippen molar-refractivity contribution in [1.82, 2.24) is 4.98 Å². The molecule has 2 aromatic rings. The van der Waals surface area contributed by atoms with Crippen LogP contribution in [0.4, 0.5) is 10.5 Å². The zero-order valence-corrected chi connectivity index (χ0v) is 12.3. The van der Waals surface area contributed by atoms with Gasteiger partial charge in [-0.15, -0.1) is 0 Å². The minimum Gasteiger partial charge on any atom is -0.444 e. The number of nitrogens with one attached hydrogen (secondary N) is 1. The molecule has 2 rings (SSSR count). The summed E-state index contributed by atoms with van der Waals surface area (Å²) in [7, 11) is 1.30. The zero-order valence-electron chi connectivity index (χ0n) is 10.7. The van der Waals surface area contributed by atoms with Crippen LogP contribution < -0.4 is 5.32 Å². The number of carbonyl (C=O) groups excluding carboxylic acids is 1. The molecular weight excluding hydrogens is 316 g/mol. The predicted octanol–water partition coefficient (Wildman–Crippen LogP) is 2.76. The molecule has 8 heteroatoms. The molecule has 0 bridgehead atoms. The van der Waals surface area contributed by atoms with Gasteiger partial charge in [0.25, 0.3) is 9.05 Å². The molecule has 0 unspecified atom stereocenters. The van der Waals surface area contributed by atoms with E-state index in [2.05, 4.69) is 10.3 Å². The number of pyridine rings is 1. The van der Waals surface area contributed by atoms with E-state index in [1.165, 1.54) is 12.3 Å². The first-order valence-corrected chi connectivity index (χ1v) is 8.13. The minimum atomic E-state index is -3.90. The summed E-state index contributed by atoms with van der Waals surface area (Å²) in [4.78, 5) is 15.1. The lowest BCUT2D eigenvalue weighted by Crippen LogP contribution is -2.14. The highest BCUT2D eigenvalue weighted by Crippen LogP contribution is 2.17. The van der Waals surface area contributed by atoms with E-state index in [9.17, 15) is 13.2 Å². The van der Waals surface area contributed by atoms with Gasteiger partial charge in [0.05, 0.1) is 11.9 Å². The Labute approximate surface area is 126 Å². The van der Waals surface area contributed by atoms with Gasteiger partial charge in [0.2, 0.25) is 0 Å². The van der Waals surface area contributed by atoms with Gasteiger partial charge < -0.3 is 4.74 Å². The average molecular weight is 327 g/mol. The molecule has 1 N–H and O–H groups in total. The Bertz CT molecular complexity index is 735. The average Bonchev–Trinajstić information content (AvgIpc) is 2.46. The largest absolute Gasteiger partial charge is 0.444 e. The van der Waals surface area contributed by atoms with Crippen molar-refractivity contribution >= 4 is 31.5 Å². The third-order valence-corrected chi connectivity index (χ3v) is 3.77. The highest BCUT2D eigenvalue weighted by Gasteiger charge is 2.12. The van der Waals surface area contributed by atoms with E-state index in [0.717, 1.165) is 11.8 Å². The van der Waals surface area contributed by atoms with Gasteiger partial charge in [-0.05, 0) is 11.6 Å². The molecular formula is C13H11ClN2O4S. The van der Waals surface area contributed by atoms with E-state index < -0.39 is 15.1 Å². The summed E-state index contributed by atoms with van der Waals surface area (Å²) in [5.41, 5.74) is 1.01. The number of halogens is 1. The van der Waals surface area contributed by atoms with Gasteiger partial charge in [-0.25, -0.2) is 13.2 Å². The number of ether oxygens (including phenoxy) is 1. The van der Waals surface area contributed by atoms with Crippen LogP contribution in [0.5, 0.6) is 0 Å². The number of hydrogen-bond donors (Lipinski definition) is 1. The van der Waals surface area contributed by atoms with Gasteiger partial charge in [-0.2, -0.15) is 0 Å². The highest BCUT2D eigenvalue weighted by atomic mass is 35.7. The molecule has 0 fully saturated rings. The van der Waals surface area contributed by atoms with E-state index in [1.54, 1.807) is 0 Å². The quantitative estimate of drug-likeness (QED) is 0.873. The van der Waals surface area contributed by atoms with Crippen LogP contribution in [0.25, 0.3) is 0 Å². The summed E-state index contributed by atoms with van der Waals surface area (Å²) >= 11 is 0. The third-order valence-electron chi connectivity index (χ3n) is 2.45. The Morgan fingerprint density at radius 1 is 1.24 bits per heavy atom. The van der Waals surface area contributed by atoms with Crippen LogP contribution in [-0.2, 0) is 20.4 Å². The topological polar surface area (TPSA) is 85.4 Å². The number of aromatic nitrogens is 1. The number of carbonyl (C=O) groups is 1. The Morgan fingerprint density at radius 3 is 2.62 bits per heavy atom. The lowest BCUT2D eigenvalue weighted by atomic mass is 10.2. The van der Waals surface area contributed by atoms with Crippen LogP contribution in [0.2, 0.25) is 0 Å². The zero-order chi connectivity index (χ0) is 15.3. The minimum absolute atomic E-state index is 0.105. The van der Waals surface area contributed by atoms with Crippen LogP contribution >= 0.6 is 10.7 Å². The maximum atomic E-state index is 11.6. The van der Waals surface area contributed by atoms with Crippen molar-refractivity contribution < 1.29 is 17.9 Å². The molecule has 1 heterocycles. The fraction of sp³-hybridized carbons (Fsp3) is 0.0769. The molecule has 1 amide bonds. The lowest BCUT2D eigenvalue weighted by molar-refractivity contribution is 0.155. The van der Waals surface area contributed by atoms with Crippen molar-refractivity contribution in [2.75, 3.05) is 5.32 Å². The molecule has 0 saturated carbocycles. The summed E-state index contributed by atoms with van der Waals surface area (Å²) < 4.78 is 27.3. The molecule has 0 atom stereocenters. The second kappa shape index (κ2) is 6.55. The number of amides is 1. The Morgan fingerprint density at radius 2 is 1.95 bits per heavy atom. The molecule has 1 aromatic carbocycles. The van der Waals surface area contributed by atoms with Gasteiger partial charge in [-0.1, -0.05) is 30.3 Å². The van der Waals surface area contributed by atoms with Crippen LogP contribution in [-0.4, -0.2) is 19.5 Å². The fourth-order valence-corrected chi connectivity index (χ4v) is 2.21. The SMILES string of the molecule is O=C(Nc1cncc(S(=O)(=O)Cl)c1)OCc1ccccc1. The maximum absolute atomic E-state index is 11.6. The summed E-state index contributed by atoms with van der Waals surface area (Å²) in [6, 6.07) is 10.3. The summed E-state index contributed by atoms with van der Waals surface area (Å²) in [6.45, 7) is 0.105. The third kappa shape index (κ3) is 4.73. The highest BCUT2D eigenvalue weighted by molar-refractivity contribution is 8.13. The van der Waals surface area contributed by atoms with E-state index >= 15 is 0 Å². The summed E-state index contributed by atoms with van der Waals surface area (Å²) in [5.74, 6) is 0. The molecule has 0 aliphatic heterocycles. The standard InChI is InChI=1S/C13H11ClN2O4S/c14-21(18,19)12-6-11(7-15-8-12)16-13(17)20-9-10-4-2-1-3-5-10/h1-8H,9H2,(H,16,17). The summed E-state index contributed by atoms with van der Waals surface area (Å²) in [6.07, 6.45) is 1.66. The first-order valence-electron chi connectivity index (χ1n) is 5.82. The molecule has 6 nitrogen and oxygen atoms in total. The molecule has 0 aliphatic carbocycles. The molecule has 0 spiro atoms. The number of hydrogen-bond acceptors (Lipinski definition) is 5. The smallest absolute Gasteiger partial charge is 0.412 e. The van der Waals surface area contributed by atoms with E-state index in [1.807, 2.05) is 30.3 Å². The second-order valence-corrected chi connectivity index (χ2v) is 6.60. The number of anilines is 1. The molecule has 1 aromatic heterocycles. The van der Waals surface area contributed by atoms with Crippen molar-refractivity contribution in [2.45, 2.75) is 11.5 Å². The fourth-order valence-electron chi connectivity index (χ4n) is 1.50. The van der Waals surface area contributed by atoms with Gasteiger partial charge in [0, 0.05) is 16.9 Å². The first-order chi connectivity index (χ1) is 9.95. The Hall–Kier alpha value is -2.12. The number of rotatable bonds is 4. The molecule has 21 heavy (non-hydrogen) atoms. The maximum Gasteiger partial charge on any atom is 0.412 e. The monoisotopic (exact) mass is 326 g/mol. The van der Waals surface area contributed by atoms with Gasteiger partial charge in [-0.3, -0.25) is 10.3 Å². The van der Waals surface area contributed by atoms with Crippen LogP contribution in [0.3, 0.4) is 0 Å². The molecule has 110 valence electrons. The van der Waals surface area contributed by atoms with Crippen molar-refractivity contribution in [2.24, 2.45) is 0 Å². The normalized spacial score (nSPS) is 10.9. The molecule has 0 radical (unpaired) electrons. The second-order valence-electron chi connectivity index (χ2n) is 4.03. The Kier molecular flexibility index (Phi) is 4.77. The van der Waals surface area contributed by atoms with Crippen LogP contribution in [0.15, 0.2) is 53.7 Å². The van der Waals surface area contributed by atoms with Gasteiger partial charge in [0.15, 0.2) is 0 Å². The van der Waals surface area contributed by atoms with Gasteiger partial charge >= 0.3 is 6.09 Å². The van der Waals surface area contributed by atoms with Crippen LogP contribution in [0.1, 0.15) is 5.56 Å². The van der Waals surface area contributed by atoms with Gasteiger partial charge in [0.1, 0.15) is 11.5 Å². The van der Waals surface area contributed by atoms with Crippen molar-refractivity contribution in [3.63, 3.8) is 0 Å². The first kappa shape index (κ1) is 15.3. The predicted molar refractivity (Wildman–Crippen MR) is 77.5 cm³/mol. The summed E-state index contributed by atoms with van der Waals surface area (Å²) in [5, 5.41) is 2.38. The molecule has 0 saturated heterocycles. The number of benzene rings is 1. The Balaban J connectivity index is 1.97. The van der Waals surface area contributed by atoms with Crippen molar-refractivity contribution in [3.05, 3.63) is 54.4 Å². The van der Waals surface area contributed by atoms with E-state index in [-0.39, 0.29) is 17.2 Å². The number of nitrogens with zero attached hydrogens (tertiary/aromatic N) is 1.